The molecule has 1 aliphatic heterocycles. The summed E-state index contributed by atoms with van der Waals surface area (Å²) in [6.07, 6.45) is 6.71. The van der Waals surface area contributed by atoms with E-state index in [1.807, 2.05) is 7.05 Å². The summed E-state index contributed by atoms with van der Waals surface area (Å²) in [7, 11) is 3.59. The quantitative estimate of drug-likeness (QED) is 0.406. The smallest absolute Gasteiger partial charge is 0.220 e. The van der Waals surface area contributed by atoms with Crippen LogP contribution in [0.4, 0.5) is 0 Å². The Morgan fingerprint density at radius 2 is 2.00 bits per heavy atom. The number of likely N-dealkylation sites (tertiary alicyclic amines) is 1. The fourth-order valence-corrected chi connectivity index (χ4v) is 3.29. The van der Waals surface area contributed by atoms with E-state index >= 15 is 0 Å². The number of amides is 1. The van der Waals surface area contributed by atoms with E-state index in [1.165, 1.54) is 19.3 Å². The standard InChI is InChI=1S/C16H30N4O.HI/c1-4-5-13-11-14(13)19-16(18-3)20-8-6-12(7-9-20)10-15(21)17-2;/h12-14H,4-11H2,1-3H3,(H,17,21)(H,18,19);1H. The number of aliphatic imine (C=N–C) groups is 1. The van der Waals surface area contributed by atoms with Crippen LogP contribution in [-0.2, 0) is 4.79 Å². The minimum absolute atomic E-state index is 0. The predicted molar refractivity (Wildman–Crippen MR) is 102 cm³/mol. The highest BCUT2D eigenvalue weighted by molar-refractivity contribution is 14.0. The Labute approximate surface area is 151 Å². The monoisotopic (exact) mass is 422 g/mol. The van der Waals surface area contributed by atoms with Crippen LogP contribution < -0.4 is 10.6 Å². The van der Waals surface area contributed by atoms with E-state index in [-0.39, 0.29) is 29.9 Å². The first-order valence-electron chi connectivity index (χ1n) is 8.36. The second-order valence-corrected chi connectivity index (χ2v) is 6.39. The molecule has 0 radical (unpaired) electrons. The maximum atomic E-state index is 11.4. The molecule has 2 atom stereocenters. The number of halogens is 1. The molecule has 22 heavy (non-hydrogen) atoms. The Kier molecular flexibility index (Phi) is 8.49. The molecule has 2 rings (SSSR count). The number of piperidine rings is 1. The molecular formula is C16H31IN4O. The number of carbonyl (C=O) groups is 1. The molecule has 2 fully saturated rings. The summed E-state index contributed by atoms with van der Waals surface area (Å²) in [4.78, 5) is 18.2. The van der Waals surface area contributed by atoms with Gasteiger partial charge < -0.3 is 15.5 Å². The molecular weight excluding hydrogens is 391 g/mol. The molecule has 2 aliphatic rings. The predicted octanol–water partition coefficient (Wildman–Crippen LogP) is 2.22. The van der Waals surface area contributed by atoms with Crippen molar-refractivity contribution in [3.05, 3.63) is 0 Å². The zero-order valence-electron chi connectivity index (χ0n) is 14.1. The van der Waals surface area contributed by atoms with Crippen molar-refractivity contribution in [1.82, 2.24) is 15.5 Å². The number of guanidine groups is 1. The van der Waals surface area contributed by atoms with Crippen LogP contribution in [0.5, 0.6) is 0 Å². The van der Waals surface area contributed by atoms with Crippen molar-refractivity contribution in [3.63, 3.8) is 0 Å². The zero-order valence-corrected chi connectivity index (χ0v) is 16.4. The summed E-state index contributed by atoms with van der Waals surface area (Å²) in [6, 6.07) is 0.632. The SMILES string of the molecule is CCCC1CC1NC(=NC)N1CCC(CC(=O)NC)CC1.I. The first-order chi connectivity index (χ1) is 10.2. The lowest BCUT2D eigenvalue weighted by molar-refractivity contribution is -0.121. The van der Waals surface area contributed by atoms with Crippen LogP contribution in [0.25, 0.3) is 0 Å². The molecule has 128 valence electrons. The first-order valence-corrected chi connectivity index (χ1v) is 8.36. The molecule has 0 aromatic carbocycles. The molecule has 1 amide bonds. The van der Waals surface area contributed by atoms with Crippen molar-refractivity contribution in [2.75, 3.05) is 27.2 Å². The van der Waals surface area contributed by atoms with Crippen molar-refractivity contribution in [2.45, 2.75) is 51.5 Å². The molecule has 0 aromatic heterocycles. The van der Waals surface area contributed by atoms with E-state index in [4.69, 9.17) is 0 Å². The van der Waals surface area contributed by atoms with Gasteiger partial charge in [-0.2, -0.15) is 0 Å². The van der Waals surface area contributed by atoms with E-state index in [0.717, 1.165) is 37.8 Å². The topological polar surface area (TPSA) is 56.7 Å². The average molecular weight is 422 g/mol. The number of nitrogens with one attached hydrogen (secondary N) is 2. The third-order valence-electron chi connectivity index (χ3n) is 4.78. The van der Waals surface area contributed by atoms with Crippen LogP contribution in [0.1, 0.15) is 45.4 Å². The maximum absolute atomic E-state index is 11.4. The van der Waals surface area contributed by atoms with E-state index in [1.54, 1.807) is 7.05 Å². The summed E-state index contributed by atoms with van der Waals surface area (Å²) in [6.45, 7) is 4.26. The Morgan fingerprint density at radius 1 is 1.32 bits per heavy atom. The Bertz CT molecular complexity index is 380. The van der Waals surface area contributed by atoms with E-state index in [2.05, 4.69) is 27.4 Å². The van der Waals surface area contributed by atoms with Crippen molar-refractivity contribution in [3.8, 4) is 0 Å². The van der Waals surface area contributed by atoms with Gasteiger partial charge in [0.25, 0.3) is 0 Å². The fraction of sp³-hybridized carbons (Fsp3) is 0.875. The number of nitrogens with zero attached hydrogens (tertiary/aromatic N) is 2. The molecule has 1 heterocycles. The van der Waals surface area contributed by atoms with Crippen molar-refractivity contribution < 1.29 is 4.79 Å². The van der Waals surface area contributed by atoms with Gasteiger partial charge in [-0.15, -0.1) is 24.0 Å². The minimum Gasteiger partial charge on any atom is -0.359 e. The van der Waals surface area contributed by atoms with Gasteiger partial charge in [-0.25, -0.2) is 0 Å². The van der Waals surface area contributed by atoms with Gasteiger partial charge in [0, 0.05) is 39.6 Å². The van der Waals surface area contributed by atoms with Gasteiger partial charge in [0.05, 0.1) is 0 Å². The van der Waals surface area contributed by atoms with Gasteiger partial charge in [0.1, 0.15) is 0 Å². The van der Waals surface area contributed by atoms with E-state index < -0.39 is 0 Å². The highest BCUT2D eigenvalue weighted by Gasteiger charge is 2.37. The maximum Gasteiger partial charge on any atom is 0.220 e. The van der Waals surface area contributed by atoms with Gasteiger partial charge >= 0.3 is 0 Å². The summed E-state index contributed by atoms with van der Waals surface area (Å²) in [5.74, 6) is 2.58. The Balaban J connectivity index is 0.00000242. The van der Waals surface area contributed by atoms with Gasteiger partial charge in [-0.05, 0) is 37.5 Å². The molecule has 2 unspecified atom stereocenters. The Morgan fingerprint density at radius 3 is 2.55 bits per heavy atom. The van der Waals surface area contributed by atoms with Gasteiger partial charge in [0.15, 0.2) is 5.96 Å². The first kappa shape index (κ1) is 19.5. The summed E-state index contributed by atoms with van der Waals surface area (Å²) in [5, 5.41) is 6.33. The van der Waals surface area contributed by atoms with E-state index in [0.29, 0.717) is 18.4 Å². The average Bonchev–Trinajstić information content (AvgIpc) is 3.24. The van der Waals surface area contributed by atoms with Gasteiger partial charge in [-0.1, -0.05) is 13.3 Å². The number of hydrogen-bond donors (Lipinski definition) is 2. The van der Waals surface area contributed by atoms with Crippen LogP contribution in [0.3, 0.4) is 0 Å². The van der Waals surface area contributed by atoms with Gasteiger partial charge in [0.2, 0.25) is 5.91 Å². The molecule has 0 aromatic rings. The molecule has 1 saturated heterocycles. The second kappa shape index (κ2) is 9.57. The van der Waals surface area contributed by atoms with Crippen molar-refractivity contribution in [2.24, 2.45) is 16.8 Å². The fourth-order valence-electron chi connectivity index (χ4n) is 3.29. The second-order valence-electron chi connectivity index (χ2n) is 6.39. The minimum atomic E-state index is 0. The lowest BCUT2D eigenvalue weighted by Crippen LogP contribution is -2.47. The van der Waals surface area contributed by atoms with Crippen LogP contribution in [0, 0.1) is 11.8 Å². The van der Waals surface area contributed by atoms with Crippen molar-refractivity contribution >= 4 is 35.8 Å². The molecule has 6 heteroatoms. The Hall–Kier alpha value is -0.530. The number of rotatable bonds is 5. The highest BCUT2D eigenvalue weighted by Crippen LogP contribution is 2.34. The molecule has 0 spiro atoms. The molecule has 2 N–H and O–H groups in total. The number of hydrogen-bond acceptors (Lipinski definition) is 2. The summed E-state index contributed by atoms with van der Waals surface area (Å²) >= 11 is 0. The zero-order chi connectivity index (χ0) is 15.2. The van der Waals surface area contributed by atoms with Gasteiger partial charge in [-0.3, -0.25) is 9.79 Å². The third-order valence-corrected chi connectivity index (χ3v) is 4.78. The molecule has 5 nitrogen and oxygen atoms in total. The number of carbonyl (C=O) groups excluding carboxylic acids is 1. The molecule has 1 aliphatic carbocycles. The van der Waals surface area contributed by atoms with Crippen LogP contribution >= 0.6 is 24.0 Å². The highest BCUT2D eigenvalue weighted by atomic mass is 127. The third kappa shape index (κ3) is 5.59. The van der Waals surface area contributed by atoms with Crippen LogP contribution in [-0.4, -0.2) is 50.0 Å². The molecule has 0 bridgehead atoms. The van der Waals surface area contributed by atoms with Crippen molar-refractivity contribution in [1.29, 1.82) is 0 Å². The van der Waals surface area contributed by atoms with Crippen LogP contribution in [0.15, 0.2) is 4.99 Å². The lowest BCUT2D eigenvalue weighted by Gasteiger charge is -2.34. The summed E-state index contributed by atoms with van der Waals surface area (Å²) < 4.78 is 0. The molecule has 1 saturated carbocycles. The normalized spacial score (nSPS) is 25.4. The largest absolute Gasteiger partial charge is 0.359 e. The van der Waals surface area contributed by atoms with Crippen LogP contribution in [0.2, 0.25) is 0 Å². The lowest BCUT2D eigenvalue weighted by atomic mass is 9.93. The summed E-state index contributed by atoms with van der Waals surface area (Å²) in [5.41, 5.74) is 0. The van der Waals surface area contributed by atoms with E-state index in [9.17, 15) is 4.79 Å².